The van der Waals surface area contributed by atoms with Crippen LogP contribution in [0.2, 0.25) is 0 Å². The van der Waals surface area contributed by atoms with E-state index < -0.39 is 15.5 Å². The largest absolute Gasteiger partial charge is 0.379 e. The minimum atomic E-state index is -3.94. The van der Waals surface area contributed by atoms with Crippen LogP contribution >= 0.6 is 0 Å². The zero-order chi connectivity index (χ0) is 11.9. The first-order valence-electron chi connectivity index (χ1n) is 4.62. The molecule has 1 heterocycles. The molecule has 15 heavy (non-hydrogen) atoms. The van der Waals surface area contributed by atoms with Crippen LogP contribution in [0.15, 0.2) is 0 Å². The molecule has 0 spiro atoms. The molecule has 1 aliphatic heterocycles. The Morgan fingerprint density at radius 3 is 2.20 bits per heavy atom. The van der Waals surface area contributed by atoms with Crippen molar-refractivity contribution < 1.29 is 22.5 Å². The fraction of sp³-hybridized carbons (Fsp3) is 0.875. The van der Waals surface area contributed by atoms with E-state index in [0.29, 0.717) is 32.7 Å². The van der Waals surface area contributed by atoms with Gasteiger partial charge in [0, 0.05) is 13.1 Å². The van der Waals surface area contributed by atoms with Crippen LogP contribution in [-0.2, 0) is 19.6 Å². The summed E-state index contributed by atoms with van der Waals surface area (Å²) in [6.45, 7) is 5.95. The van der Waals surface area contributed by atoms with E-state index in [0.717, 1.165) is 0 Å². The van der Waals surface area contributed by atoms with E-state index in [9.17, 15) is 8.42 Å². The highest BCUT2D eigenvalue weighted by molar-refractivity contribution is 7.86. The quantitative estimate of drug-likeness (QED) is 0.684. The molecular weight excluding hydrogens is 222 g/mol. The molecule has 0 bridgehead atoms. The van der Waals surface area contributed by atoms with Gasteiger partial charge in [-0.15, -0.1) is 0 Å². The van der Waals surface area contributed by atoms with E-state index in [2.05, 4.69) is 0 Å². The second kappa shape index (κ2) is 6.89. The minimum absolute atomic E-state index is 0.402. The highest BCUT2D eigenvalue weighted by Gasteiger charge is 2.29. The number of ether oxygens (including phenoxy) is 1. The van der Waals surface area contributed by atoms with Gasteiger partial charge in [0.05, 0.1) is 13.2 Å². The summed E-state index contributed by atoms with van der Waals surface area (Å²) in [5, 5.41) is -0.767. The molecule has 7 heteroatoms. The van der Waals surface area contributed by atoms with Gasteiger partial charge in [-0.25, -0.2) is 0 Å². The van der Waals surface area contributed by atoms with E-state index in [4.69, 9.17) is 14.1 Å². The van der Waals surface area contributed by atoms with E-state index in [1.807, 2.05) is 6.79 Å². The topological polar surface area (TPSA) is 83.9 Å². The number of morpholine rings is 1. The van der Waals surface area contributed by atoms with Crippen molar-refractivity contribution in [2.24, 2.45) is 0 Å². The van der Waals surface area contributed by atoms with Gasteiger partial charge in [-0.3, -0.25) is 9.45 Å². The van der Waals surface area contributed by atoms with Gasteiger partial charge < -0.3 is 9.53 Å². The third-order valence-corrected chi connectivity index (χ3v) is 3.47. The molecule has 90 valence electrons. The van der Waals surface area contributed by atoms with Crippen molar-refractivity contribution in [2.75, 3.05) is 26.3 Å². The lowest BCUT2D eigenvalue weighted by Crippen LogP contribution is -2.46. The number of carbonyl (C=O) groups excluding carboxylic acids is 1. The average Bonchev–Trinajstić information content (AvgIpc) is 2.21. The van der Waals surface area contributed by atoms with Crippen LogP contribution in [0, 0.1) is 0 Å². The standard InChI is InChI=1S/C7H15NO4S.CH2O/c1-2-7(13(9,10)11)8-3-5-12-6-4-8;1-2/h7H,2-6H2,1H3,(H,9,10,11);1H2. The second-order valence-corrected chi connectivity index (χ2v) is 4.60. The fourth-order valence-electron chi connectivity index (χ4n) is 1.52. The molecule has 0 aliphatic carbocycles. The van der Waals surface area contributed by atoms with Crippen LogP contribution in [0.3, 0.4) is 0 Å². The molecule has 1 unspecified atom stereocenters. The summed E-state index contributed by atoms with van der Waals surface area (Å²) < 4.78 is 35.9. The van der Waals surface area contributed by atoms with Crippen molar-refractivity contribution in [3.63, 3.8) is 0 Å². The summed E-state index contributed by atoms with van der Waals surface area (Å²) in [7, 11) is -3.94. The van der Waals surface area contributed by atoms with E-state index >= 15 is 0 Å². The average molecular weight is 239 g/mol. The van der Waals surface area contributed by atoms with Crippen LogP contribution in [0.5, 0.6) is 0 Å². The Morgan fingerprint density at radius 1 is 1.40 bits per heavy atom. The third-order valence-electron chi connectivity index (χ3n) is 2.15. The van der Waals surface area contributed by atoms with Gasteiger partial charge >= 0.3 is 0 Å². The predicted molar refractivity (Wildman–Crippen MR) is 55.1 cm³/mol. The highest BCUT2D eigenvalue weighted by atomic mass is 32.2. The minimum Gasteiger partial charge on any atom is -0.379 e. The summed E-state index contributed by atoms with van der Waals surface area (Å²) in [5.74, 6) is 0. The summed E-state index contributed by atoms with van der Waals surface area (Å²) >= 11 is 0. The van der Waals surface area contributed by atoms with Gasteiger partial charge in [0.2, 0.25) is 0 Å². The van der Waals surface area contributed by atoms with Crippen molar-refractivity contribution in [1.82, 2.24) is 4.90 Å². The maximum Gasteiger partial charge on any atom is 0.281 e. The SMILES string of the molecule is C=O.CCC(N1CCOCC1)S(=O)(=O)O. The van der Waals surface area contributed by atoms with Gasteiger partial charge in [0.1, 0.15) is 12.2 Å². The Hall–Kier alpha value is -0.500. The first kappa shape index (κ1) is 14.5. The first-order chi connectivity index (χ1) is 7.05. The van der Waals surface area contributed by atoms with Crippen LogP contribution in [0.1, 0.15) is 13.3 Å². The van der Waals surface area contributed by atoms with Crippen LogP contribution < -0.4 is 0 Å². The molecule has 0 aromatic heterocycles. The normalized spacial score (nSPS) is 20.1. The second-order valence-electron chi connectivity index (χ2n) is 3.03. The molecule has 0 saturated carbocycles. The Bertz CT molecular complexity index is 260. The van der Waals surface area contributed by atoms with E-state index in [1.165, 1.54) is 0 Å². The monoisotopic (exact) mass is 239 g/mol. The maximum absolute atomic E-state index is 10.9. The van der Waals surface area contributed by atoms with Gasteiger partial charge in [-0.2, -0.15) is 8.42 Å². The molecular formula is C8H17NO5S. The summed E-state index contributed by atoms with van der Waals surface area (Å²) in [6, 6.07) is 0. The molecule has 1 saturated heterocycles. The van der Waals surface area contributed by atoms with Gasteiger partial charge in [-0.05, 0) is 6.42 Å². The molecule has 0 aromatic rings. The Kier molecular flexibility index (Phi) is 6.66. The third kappa shape index (κ3) is 4.70. The van der Waals surface area contributed by atoms with Crippen LogP contribution in [0.25, 0.3) is 0 Å². The van der Waals surface area contributed by atoms with E-state index in [-0.39, 0.29) is 0 Å². The van der Waals surface area contributed by atoms with Gasteiger partial charge in [0.15, 0.2) is 0 Å². The highest BCUT2D eigenvalue weighted by Crippen LogP contribution is 2.12. The smallest absolute Gasteiger partial charge is 0.281 e. The fourth-order valence-corrected chi connectivity index (χ4v) is 2.53. The molecule has 1 N–H and O–H groups in total. The van der Waals surface area contributed by atoms with Crippen molar-refractivity contribution in [3.05, 3.63) is 0 Å². The first-order valence-corrected chi connectivity index (χ1v) is 6.13. The van der Waals surface area contributed by atoms with Crippen molar-refractivity contribution in [1.29, 1.82) is 0 Å². The number of nitrogens with zero attached hydrogens (tertiary/aromatic N) is 1. The lowest BCUT2D eigenvalue weighted by Gasteiger charge is -2.31. The van der Waals surface area contributed by atoms with Crippen molar-refractivity contribution in [2.45, 2.75) is 18.7 Å². The zero-order valence-corrected chi connectivity index (χ0v) is 9.57. The lowest BCUT2D eigenvalue weighted by molar-refractivity contribution is -0.0979. The van der Waals surface area contributed by atoms with E-state index in [1.54, 1.807) is 11.8 Å². The van der Waals surface area contributed by atoms with Crippen molar-refractivity contribution >= 4 is 16.9 Å². The number of rotatable bonds is 3. The number of hydrogen-bond acceptors (Lipinski definition) is 5. The number of hydrogen-bond donors (Lipinski definition) is 1. The summed E-state index contributed by atoms with van der Waals surface area (Å²) in [5.41, 5.74) is 0. The van der Waals surface area contributed by atoms with Gasteiger partial charge in [-0.1, -0.05) is 6.92 Å². The lowest BCUT2D eigenvalue weighted by atomic mass is 10.3. The molecule has 6 nitrogen and oxygen atoms in total. The predicted octanol–water partition coefficient (Wildman–Crippen LogP) is -0.242. The maximum atomic E-state index is 10.9. The molecule has 1 aliphatic rings. The van der Waals surface area contributed by atoms with Gasteiger partial charge in [0.25, 0.3) is 10.1 Å². The molecule has 0 aromatic carbocycles. The summed E-state index contributed by atoms with van der Waals surface area (Å²) in [6.07, 6.45) is 0.402. The zero-order valence-electron chi connectivity index (χ0n) is 8.76. The van der Waals surface area contributed by atoms with Crippen molar-refractivity contribution in [3.8, 4) is 0 Å². The molecule has 1 rings (SSSR count). The Labute approximate surface area is 90.0 Å². The Balaban J connectivity index is 0.000000921. The molecule has 0 amide bonds. The van der Waals surface area contributed by atoms with Crippen LogP contribution in [-0.4, -0.2) is 56.3 Å². The Morgan fingerprint density at radius 2 is 1.87 bits per heavy atom. The molecule has 1 fully saturated rings. The molecule has 0 radical (unpaired) electrons. The summed E-state index contributed by atoms with van der Waals surface area (Å²) in [4.78, 5) is 9.73. The molecule has 1 atom stereocenters. The van der Waals surface area contributed by atoms with Crippen LogP contribution in [0.4, 0.5) is 0 Å². The number of carbonyl (C=O) groups is 1.